The normalized spacial score (nSPS) is 15.1. The third-order valence-electron chi connectivity index (χ3n) is 6.73. The van der Waals surface area contributed by atoms with E-state index in [0.29, 0.717) is 0 Å². The number of benzene rings is 1. The summed E-state index contributed by atoms with van der Waals surface area (Å²) in [5.41, 5.74) is 3.85. The van der Waals surface area contributed by atoms with Crippen molar-refractivity contribution in [2.75, 3.05) is 0 Å². The highest BCUT2D eigenvalue weighted by Crippen LogP contribution is 2.46. The summed E-state index contributed by atoms with van der Waals surface area (Å²) in [7, 11) is -2.40. The van der Waals surface area contributed by atoms with Crippen molar-refractivity contribution < 1.29 is 14.3 Å². The van der Waals surface area contributed by atoms with Crippen LogP contribution in [-0.4, -0.2) is 9.79 Å². The molecule has 0 amide bonds. The van der Waals surface area contributed by atoms with Gasteiger partial charge < -0.3 is 14.3 Å². The zero-order chi connectivity index (χ0) is 21.5. The molecule has 0 aliphatic carbocycles. The second-order valence-electron chi connectivity index (χ2n) is 9.37. The van der Waals surface area contributed by atoms with Crippen LogP contribution in [0.3, 0.4) is 0 Å². The topological polar surface area (TPSA) is 49.7 Å². The van der Waals surface area contributed by atoms with Gasteiger partial charge in [0.1, 0.15) is 0 Å². The molecular formula is C24H43O3P. The zero-order valence-electron chi connectivity index (χ0n) is 19.4. The van der Waals surface area contributed by atoms with E-state index in [0.717, 1.165) is 44.1 Å². The molecule has 28 heavy (non-hydrogen) atoms. The lowest BCUT2D eigenvalue weighted by atomic mass is 9.72. The van der Waals surface area contributed by atoms with Gasteiger partial charge in [-0.3, -0.25) is 0 Å². The standard InChI is InChI=1S/C24H43O3P/c1-9-13-14-18(10-2)22(27-28(25)26)20-16-15-19(23(5,6)11-3)17-21(20)24(7,8)12-4/h15-18,22,25-26H,9-14H2,1-8H3. The van der Waals surface area contributed by atoms with E-state index in [-0.39, 0.29) is 22.9 Å². The van der Waals surface area contributed by atoms with Crippen LogP contribution in [0.2, 0.25) is 0 Å². The van der Waals surface area contributed by atoms with E-state index in [9.17, 15) is 9.79 Å². The van der Waals surface area contributed by atoms with E-state index in [2.05, 4.69) is 73.6 Å². The van der Waals surface area contributed by atoms with Crippen LogP contribution in [0.15, 0.2) is 18.2 Å². The number of hydrogen-bond acceptors (Lipinski definition) is 3. The van der Waals surface area contributed by atoms with E-state index in [4.69, 9.17) is 4.52 Å². The fraction of sp³-hybridized carbons (Fsp3) is 0.750. The maximum Gasteiger partial charge on any atom is 0.327 e. The first-order valence-electron chi connectivity index (χ1n) is 11.0. The summed E-state index contributed by atoms with van der Waals surface area (Å²) in [4.78, 5) is 19.4. The Bertz CT molecular complexity index is 596. The van der Waals surface area contributed by atoms with Crippen molar-refractivity contribution in [2.24, 2.45) is 5.92 Å². The van der Waals surface area contributed by atoms with Gasteiger partial charge in [0.05, 0.1) is 6.10 Å². The van der Waals surface area contributed by atoms with Crippen LogP contribution in [-0.2, 0) is 15.4 Å². The van der Waals surface area contributed by atoms with Crippen LogP contribution in [0.1, 0.15) is 117 Å². The van der Waals surface area contributed by atoms with Crippen LogP contribution in [0, 0.1) is 5.92 Å². The molecule has 3 nitrogen and oxygen atoms in total. The first-order valence-corrected chi connectivity index (χ1v) is 12.2. The van der Waals surface area contributed by atoms with Crippen LogP contribution < -0.4 is 0 Å². The van der Waals surface area contributed by atoms with Gasteiger partial charge in [-0.15, -0.1) is 0 Å². The van der Waals surface area contributed by atoms with Gasteiger partial charge in [-0.05, 0) is 52.7 Å². The van der Waals surface area contributed by atoms with E-state index >= 15 is 0 Å². The maximum absolute atomic E-state index is 9.72. The monoisotopic (exact) mass is 410 g/mol. The molecule has 1 aromatic carbocycles. The molecule has 4 heteroatoms. The Hall–Kier alpha value is -0.470. The summed E-state index contributed by atoms with van der Waals surface area (Å²) in [6.07, 6.45) is 6.06. The average Bonchev–Trinajstić information content (AvgIpc) is 2.66. The van der Waals surface area contributed by atoms with Gasteiger partial charge in [-0.2, -0.15) is 0 Å². The van der Waals surface area contributed by atoms with Crippen LogP contribution in [0.5, 0.6) is 0 Å². The third-order valence-corrected chi connectivity index (χ3v) is 7.14. The van der Waals surface area contributed by atoms with Crippen molar-refractivity contribution in [3.8, 4) is 0 Å². The zero-order valence-corrected chi connectivity index (χ0v) is 20.3. The largest absolute Gasteiger partial charge is 0.328 e. The lowest BCUT2D eigenvalue weighted by molar-refractivity contribution is 0.104. The second-order valence-corrected chi connectivity index (χ2v) is 10.1. The first-order chi connectivity index (χ1) is 13.0. The van der Waals surface area contributed by atoms with Crippen molar-refractivity contribution >= 4 is 8.60 Å². The SMILES string of the molecule is CCCCC(CC)C(OP(O)O)c1ccc(C(C)(C)CC)cc1C(C)(C)CC. The minimum absolute atomic E-state index is 0.00646. The highest BCUT2D eigenvalue weighted by Gasteiger charge is 2.33. The molecule has 2 N–H and O–H groups in total. The molecule has 1 rings (SSSR count). The predicted molar refractivity (Wildman–Crippen MR) is 122 cm³/mol. The van der Waals surface area contributed by atoms with E-state index < -0.39 is 8.60 Å². The highest BCUT2D eigenvalue weighted by atomic mass is 31.2. The highest BCUT2D eigenvalue weighted by molar-refractivity contribution is 7.39. The van der Waals surface area contributed by atoms with Gasteiger partial charge in [0.25, 0.3) is 0 Å². The van der Waals surface area contributed by atoms with Gasteiger partial charge in [0, 0.05) is 0 Å². The summed E-state index contributed by atoms with van der Waals surface area (Å²) in [5, 5.41) is 0. The van der Waals surface area contributed by atoms with Crippen molar-refractivity contribution in [1.82, 2.24) is 0 Å². The summed E-state index contributed by atoms with van der Waals surface area (Å²) in [6, 6.07) is 6.76. The molecule has 0 heterocycles. The van der Waals surface area contributed by atoms with Crippen LogP contribution in [0.25, 0.3) is 0 Å². The smallest absolute Gasteiger partial charge is 0.327 e. The number of unbranched alkanes of at least 4 members (excludes halogenated alkanes) is 1. The summed E-state index contributed by atoms with van der Waals surface area (Å²) in [5.74, 6) is 0.278. The van der Waals surface area contributed by atoms with Gasteiger partial charge >= 0.3 is 8.60 Å². The minimum atomic E-state index is -2.40. The Kier molecular flexibility index (Phi) is 10.1. The average molecular weight is 411 g/mol. The fourth-order valence-corrected chi connectivity index (χ4v) is 4.23. The molecule has 2 atom stereocenters. The molecule has 0 bridgehead atoms. The van der Waals surface area contributed by atoms with E-state index in [1.54, 1.807) is 0 Å². The Morgan fingerprint density at radius 3 is 2.04 bits per heavy atom. The Morgan fingerprint density at radius 2 is 1.57 bits per heavy atom. The van der Waals surface area contributed by atoms with Crippen LogP contribution in [0.4, 0.5) is 0 Å². The molecule has 0 aliphatic heterocycles. The Morgan fingerprint density at radius 1 is 0.964 bits per heavy atom. The van der Waals surface area contributed by atoms with Crippen molar-refractivity contribution in [3.05, 3.63) is 34.9 Å². The Labute approximate surface area is 174 Å². The summed E-state index contributed by atoms with van der Waals surface area (Å²) < 4.78 is 5.79. The predicted octanol–water partition coefficient (Wildman–Crippen LogP) is 7.55. The summed E-state index contributed by atoms with van der Waals surface area (Å²) >= 11 is 0. The molecule has 0 aliphatic rings. The molecular weight excluding hydrogens is 367 g/mol. The molecule has 0 saturated carbocycles. The van der Waals surface area contributed by atoms with Crippen molar-refractivity contribution in [3.63, 3.8) is 0 Å². The van der Waals surface area contributed by atoms with Crippen molar-refractivity contribution in [2.45, 2.75) is 111 Å². The van der Waals surface area contributed by atoms with Gasteiger partial charge in [-0.25, -0.2) is 0 Å². The molecule has 2 unspecified atom stereocenters. The quantitative estimate of drug-likeness (QED) is 0.350. The molecule has 0 saturated heterocycles. The van der Waals surface area contributed by atoms with E-state index in [1.807, 2.05) is 0 Å². The lowest BCUT2D eigenvalue weighted by Crippen LogP contribution is -2.25. The van der Waals surface area contributed by atoms with Crippen molar-refractivity contribution in [1.29, 1.82) is 0 Å². The Balaban J connectivity index is 3.57. The number of hydrogen-bond donors (Lipinski definition) is 2. The summed E-state index contributed by atoms with van der Waals surface area (Å²) in [6.45, 7) is 17.9. The maximum atomic E-state index is 9.72. The molecule has 0 radical (unpaired) electrons. The molecule has 162 valence electrons. The van der Waals surface area contributed by atoms with Gasteiger partial charge in [-0.1, -0.05) is 92.9 Å². The fourth-order valence-electron chi connectivity index (χ4n) is 3.74. The lowest BCUT2D eigenvalue weighted by Gasteiger charge is -2.35. The molecule has 1 aromatic rings. The van der Waals surface area contributed by atoms with Gasteiger partial charge in [0.15, 0.2) is 0 Å². The molecule has 0 spiro atoms. The third kappa shape index (κ3) is 6.52. The molecule has 0 fully saturated rings. The molecule has 0 aromatic heterocycles. The van der Waals surface area contributed by atoms with Crippen LogP contribution >= 0.6 is 8.60 Å². The number of rotatable bonds is 12. The van der Waals surface area contributed by atoms with E-state index in [1.165, 1.54) is 11.1 Å². The van der Waals surface area contributed by atoms with Gasteiger partial charge in [0.2, 0.25) is 0 Å². The second kappa shape index (κ2) is 11.1. The first kappa shape index (κ1) is 25.6. The minimum Gasteiger partial charge on any atom is -0.328 e.